The van der Waals surface area contributed by atoms with Crippen molar-refractivity contribution in [3.05, 3.63) is 111 Å². The van der Waals surface area contributed by atoms with Gasteiger partial charge in [-0.2, -0.15) is 0 Å². The van der Waals surface area contributed by atoms with E-state index in [0.717, 1.165) is 11.3 Å². The number of carbonyl (C=O) groups is 3. The first-order chi connectivity index (χ1) is 18.1. The van der Waals surface area contributed by atoms with Gasteiger partial charge in [-0.25, -0.2) is 0 Å². The first-order valence-electron chi connectivity index (χ1n) is 12.6. The molecule has 3 aromatic rings. The Morgan fingerprint density at radius 3 is 2.05 bits per heavy atom. The summed E-state index contributed by atoms with van der Waals surface area (Å²) >= 11 is 0. The molecule has 0 bridgehead atoms. The topological polar surface area (TPSA) is 97.6 Å². The summed E-state index contributed by atoms with van der Waals surface area (Å²) < 4.78 is 0. The summed E-state index contributed by atoms with van der Waals surface area (Å²) in [6.45, 7) is 5.50. The number of Topliss-reactive ketones (excluding diaryl/α,β-unsaturated/α-hetero) is 3. The van der Waals surface area contributed by atoms with Crippen LogP contribution in [0.5, 0.6) is 0 Å². The molecule has 2 heterocycles. The van der Waals surface area contributed by atoms with Gasteiger partial charge in [0.2, 0.25) is 0 Å². The minimum atomic E-state index is -1.60. The van der Waals surface area contributed by atoms with Crippen LogP contribution in [0.2, 0.25) is 0 Å². The molecule has 0 unspecified atom stereocenters. The Balaban J connectivity index is 1.68. The van der Waals surface area contributed by atoms with Gasteiger partial charge in [0.15, 0.2) is 17.3 Å². The maximum absolute atomic E-state index is 14.5. The normalized spacial score (nSPS) is 22.8. The molecule has 0 saturated carbocycles. The molecule has 38 heavy (non-hydrogen) atoms. The van der Waals surface area contributed by atoms with Gasteiger partial charge in [0.05, 0.1) is 17.0 Å². The average Bonchev–Trinajstić information content (AvgIpc) is 3.34. The van der Waals surface area contributed by atoms with Gasteiger partial charge in [0.25, 0.3) is 5.69 Å². The zero-order valence-corrected chi connectivity index (χ0v) is 21.3. The van der Waals surface area contributed by atoms with Gasteiger partial charge < -0.3 is 4.90 Å². The van der Waals surface area contributed by atoms with Crippen molar-refractivity contribution in [2.24, 2.45) is 10.8 Å². The van der Waals surface area contributed by atoms with Gasteiger partial charge in [0.1, 0.15) is 5.41 Å². The minimum absolute atomic E-state index is 0.102. The van der Waals surface area contributed by atoms with Crippen LogP contribution in [0.1, 0.15) is 58.5 Å². The number of anilines is 1. The van der Waals surface area contributed by atoms with Crippen molar-refractivity contribution in [2.75, 3.05) is 4.90 Å². The monoisotopic (exact) mass is 506 g/mol. The molecule has 1 saturated heterocycles. The lowest BCUT2D eigenvalue weighted by atomic mass is 9.63. The van der Waals surface area contributed by atoms with E-state index in [1.54, 1.807) is 36.4 Å². The first-order valence-corrected chi connectivity index (χ1v) is 12.6. The third-order valence-electron chi connectivity index (χ3n) is 8.18. The highest BCUT2D eigenvalue weighted by Gasteiger charge is 2.71. The molecule has 0 aromatic heterocycles. The number of para-hydroxylation sites is 1. The van der Waals surface area contributed by atoms with Crippen LogP contribution in [0, 0.1) is 20.9 Å². The predicted molar refractivity (Wildman–Crippen MR) is 143 cm³/mol. The summed E-state index contributed by atoms with van der Waals surface area (Å²) in [7, 11) is 0. The smallest absolute Gasteiger partial charge is 0.269 e. The number of hydrogen-bond donors (Lipinski definition) is 0. The number of fused-ring (bicyclic) bond motifs is 5. The van der Waals surface area contributed by atoms with Crippen LogP contribution in [0.4, 0.5) is 11.4 Å². The van der Waals surface area contributed by atoms with E-state index in [1.165, 1.54) is 12.1 Å². The molecule has 0 radical (unpaired) electrons. The maximum atomic E-state index is 14.5. The lowest BCUT2D eigenvalue weighted by Crippen LogP contribution is -2.49. The highest BCUT2D eigenvalue weighted by atomic mass is 16.6. The van der Waals surface area contributed by atoms with E-state index < -0.39 is 33.8 Å². The first kappa shape index (κ1) is 24.0. The number of carbonyl (C=O) groups excluding carboxylic acids is 3. The molecule has 7 heteroatoms. The molecule has 1 aliphatic carbocycles. The summed E-state index contributed by atoms with van der Waals surface area (Å²) in [5.74, 6) is -1.60. The van der Waals surface area contributed by atoms with Gasteiger partial charge in [-0.3, -0.25) is 24.5 Å². The number of benzene rings is 3. The van der Waals surface area contributed by atoms with E-state index in [1.807, 2.05) is 62.1 Å². The fraction of sp³-hybridized carbons (Fsp3) is 0.258. The lowest BCUT2D eigenvalue weighted by Gasteiger charge is -2.38. The highest BCUT2D eigenvalue weighted by Crippen LogP contribution is 2.61. The molecule has 3 aliphatic rings. The third kappa shape index (κ3) is 3.05. The van der Waals surface area contributed by atoms with Crippen LogP contribution in [0.15, 0.2) is 78.9 Å². The van der Waals surface area contributed by atoms with Crippen molar-refractivity contribution in [1.82, 2.24) is 0 Å². The average molecular weight is 507 g/mol. The number of ketones is 3. The molecule has 3 atom stereocenters. The summed E-state index contributed by atoms with van der Waals surface area (Å²) in [5.41, 5.74) is 0.431. The van der Waals surface area contributed by atoms with Crippen molar-refractivity contribution in [2.45, 2.75) is 38.8 Å². The van der Waals surface area contributed by atoms with E-state index >= 15 is 0 Å². The van der Waals surface area contributed by atoms with Crippen LogP contribution in [0.3, 0.4) is 0 Å². The van der Waals surface area contributed by atoms with E-state index in [2.05, 4.69) is 0 Å². The van der Waals surface area contributed by atoms with Gasteiger partial charge in [0, 0.05) is 40.3 Å². The van der Waals surface area contributed by atoms with Gasteiger partial charge in [-0.1, -0.05) is 87.5 Å². The molecular weight excluding hydrogens is 480 g/mol. The Kier molecular flexibility index (Phi) is 5.08. The zero-order valence-electron chi connectivity index (χ0n) is 21.3. The summed E-state index contributed by atoms with van der Waals surface area (Å²) in [4.78, 5) is 56.1. The molecule has 7 nitrogen and oxygen atoms in total. The maximum Gasteiger partial charge on any atom is 0.269 e. The Morgan fingerprint density at radius 2 is 1.47 bits per heavy atom. The summed E-state index contributed by atoms with van der Waals surface area (Å²) in [6, 6.07) is 18.8. The van der Waals surface area contributed by atoms with Crippen molar-refractivity contribution in [1.29, 1.82) is 0 Å². The van der Waals surface area contributed by atoms with Crippen LogP contribution in [-0.4, -0.2) is 34.4 Å². The fourth-order valence-corrected chi connectivity index (χ4v) is 6.54. The highest BCUT2D eigenvalue weighted by molar-refractivity contribution is 6.32. The summed E-state index contributed by atoms with van der Waals surface area (Å²) in [6.07, 6.45) is 3.79. The quantitative estimate of drug-likeness (QED) is 0.259. The largest absolute Gasteiger partial charge is 0.352 e. The van der Waals surface area contributed by atoms with E-state index in [9.17, 15) is 24.5 Å². The molecule has 3 aromatic carbocycles. The minimum Gasteiger partial charge on any atom is -0.352 e. The number of hydrogen-bond acceptors (Lipinski definition) is 6. The van der Waals surface area contributed by atoms with Crippen LogP contribution < -0.4 is 4.90 Å². The molecule has 6 rings (SSSR count). The second kappa shape index (κ2) is 8.05. The van der Waals surface area contributed by atoms with Gasteiger partial charge in [-0.15, -0.1) is 0 Å². The molecule has 190 valence electrons. The fourth-order valence-electron chi connectivity index (χ4n) is 6.54. The van der Waals surface area contributed by atoms with Crippen molar-refractivity contribution >= 4 is 34.8 Å². The number of nitro benzene ring substituents is 1. The number of nitrogens with zero attached hydrogens (tertiary/aromatic N) is 2. The Labute approximate surface area is 219 Å². The van der Waals surface area contributed by atoms with Gasteiger partial charge in [-0.05, 0) is 17.2 Å². The molecule has 1 spiro atoms. The SMILES string of the molecule is CC(C)(C)C(=O)[C@H]1[C@@H](c2ccc([N+](=O)[O-])cc2)C2(C(=O)c3ccccc3C2=O)[C@H]2C=Cc3ccccc3N12. The van der Waals surface area contributed by atoms with E-state index in [0.29, 0.717) is 16.7 Å². The van der Waals surface area contributed by atoms with E-state index in [-0.39, 0.29) is 23.0 Å². The van der Waals surface area contributed by atoms with Crippen molar-refractivity contribution in [3.63, 3.8) is 0 Å². The second-order valence-electron chi connectivity index (χ2n) is 11.2. The Morgan fingerprint density at radius 1 is 0.895 bits per heavy atom. The number of nitro groups is 1. The van der Waals surface area contributed by atoms with Crippen molar-refractivity contribution < 1.29 is 19.3 Å². The van der Waals surface area contributed by atoms with Gasteiger partial charge >= 0.3 is 0 Å². The van der Waals surface area contributed by atoms with Crippen LogP contribution in [-0.2, 0) is 4.79 Å². The Bertz CT molecular complexity index is 1530. The molecular formula is C31H26N2O5. The van der Waals surface area contributed by atoms with Crippen LogP contribution >= 0.6 is 0 Å². The molecule has 0 N–H and O–H groups in total. The predicted octanol–water partition coefficient (Wildman–Crippen LogP) is 5.64. The lowest BCUT2D eigenvalue weighted by molar-refractivity contribution is -0.384. The number of rotatable bonds is 3. The van der Waals surface area contributed by atoms with Crippen molar-refractivity contribution in [3.8, 4) is 0 Å². The third-order valence-corrected chi connectivity index (χ3v) is 8.18. The molecule has 0 amide bonds. The van der Waals surface area contributed by atoms with Crippen LogP contribution in [0.25, 0.3) is 6.08 Å². The van der Waals surface area contributed by atoms with E-state index in [4.69, 9.17) is 0 Å². The second-order valence-corrected chi connectivity index (χ2v) is 11.2. The summed E-state index contributed by atoms with van der Waals surface area (Å²) in [5, 5.41) is 11.4. The standard InChI is InChI=1S/C31H26N2O5/c1-30(2,3)29(36)26-25(19-12-15-20(16-13-19)33(37)38)31(27(34)21-9-5-6-10-22(21)28(31)35)24-17-14-18-8-4-7-11-23(18)32(24)26/h4-17,24-26H,1-3H3/t24-,25-,26-/m1/s1. The Hall–Kier alpha value is -4.39. The number of non-ortho nitro benzene ring substituents is 1. The molecule has 2 aliphatic heterocycles. The zero-order chi connectivity index (χ0) is 27.0. The molecule has 1 fully saturated rings.